The molecule has 3 fully saturated rings. The van der Waals surface area contributed by atoms with Gasteiger partial charge in [0.1, 0.15) is 18.3 Å². The summed E-state index contributed by atoms with van der Waals surface area (Å²) in [4.78, 5) is 127. The van der Waals surface area contributed by atoms with Crippen molar-refractivity contribution in [3.63, 3.8) is 0 Å². The number of nitrogens with one attached hydrogen (secondary N) is 3. The van der Waals surface area contributed by atoms with E-state index < -0.39 is 138 Å². The van der Waals surface area contributed by atoms with E-state index in [4.69, 9.17) is 57.4 Å². The normalized spacial score (nSPS) is 34.7. The number of aliphatic hydroxyl groups is 2. The molecule has 0 radical (unpaired) electrons. The second kappa shape index (κ2) is 24.3. The van der Waals surface area contributed by atoms with Crippen LogP contribution in [0.15, 0.2) is 67.8 Å². The second-order valence-corrected chi connectivity index (χ2v) is 28.0. The van der Waals surface area contributed by atoms with Crippen LogP contribution in [0.5, 0.6) is 0 Å². The van der Waals surface area contributed by atoms with Crippen LogP contribution in [0, 0.1) is 53.8 Å². The average molecular weight is 1260 g/mol. The van der Waals surface area contributed by atoms with Crippen LogP contribution in [0.1, 0.15) is 143 Å². The van der Waals surface area contributed by atoms with Gasteiger partial charge in [-0.1, -0.05) is 20.8 Å². The molecule has 16 atom stereocenters. The first-order valence-electron chi connectivity index (χ1n) is 30.3. The highest BCUT2D eigenvalue weighted by atomic mass is 31.2. The maximum absolute atomic E-state index is 14.3. The number of amides is 7. The van der Waals surface area contributed by atoms with E-state index in [1.165, 1.54) is 13.3 Å². The number of benzene rings is 1. The molecule has 2 aromatic rings. The summed E-state index contributed by atoms with van der Waals surface area (Å²) in [6.07, 6.45) is -3.93. The highest BCUT2D eigenvalue weighted by Gasteiger charge is 2.66. The lowest BCUT2D eigenvalue weighted by Gasteiger charge is -2.48. The molecule has 8 heterocycles. The van der Waals surface area contributed by atoms with Crippen LogP contribution in [0.4, 0.5) is 0 Å². The number of aliphatic imine (C=N–C) groups is 3. The van der Waals surface area contributed by atoms with Gasteiger partial charge in [0, 0.05) is 114 Å². The fourth-order valence-electron chi connectivity index (χ4n) is 15.7. The summed E-state index contributed by atoms with van der Waals surface area (Å²) in [5.74, 6) is -6.76. The molecular weight excluding hydrogens is 1170 g/mol. The molecule has 3 saturated heterocycles. The van der Waals surface area contributed by atoms with E-state index >= 15 is 0 Å². The lowest BCUT2D eigenvalue weighted by atomic mass is 9.55. The number of primary amides is 5. The highest BCUT2D eigenvalue weighted by Crippen LogP contribution is 2.62. The maximum Gasteiger partial charge on any atom is 0.472 e. The number of nitrogens with zero attached hydrogens (tertiary/aromatic N) is 5. The Morgan fingerprint density at radius 3 is 2.17 bits per heavy atom. The molecule has 1 aromatic heterocycles. The lowest BCUT2D eigenvalue weighted by molar-refractivity contribution is -0.125. The summed E-state index contributed by atoms with van der Waals surface area (Å²) < 4.78 is 32.3. The van der Waals surface area contributed by atoms with E-state index in [1.54, 1.807) is 4.57 Å². The Hall–Kier alpha value is -7.00. The van der Waals surface area contributed by atoms with Crippen LogP contribution in [0.2, 0.25) is 0 Å². The van der Waals surface area contributed by atoms with Gasteiger partial charge in [0.2, 0.25) is 41.4 Å². The zero-order valence-corrected chi connectivity index (χ0v) is 53.1. The molecule has 7 amide bonds. The van der Waals surface area contributed by atoms with Gasteiger partial charge < -0.3 is 69.0 Å². The lowest BCUT2D eigenvalue weighted by Crippen LogP contribution is -2.57. The number of aliphatic hydroxyl groups excluding tert-OH is 2. The number of hydrogen-bond acceptors (Lipinski definition) is 18. The number of ether oxygens (including phenoxy) is 1. The molecule has 0 aliphatic carbocycles. The summed E-state index contributed by atoms with van der Waals surface area (Å²) in [5.41, 5.74) is 31.2. The quantitative estimate of drug-likeness (QED) is 0.0712. The topological polar surface area (TPSA) is 446 Å². The number of imidazole rings is 1. The van der Waals surface area contributed by atoms with Gasteiger partial charge in [0.05, 0.1) is 58.6 Å². The Morgan fingerprint density at radius 2 is 1.54 bits per heavy atom. The van der Waals surface area contributed by atoms with Gasteiger partial charge in [-0.3, -0.25) is 57.6 Å². The molecular formula is C61H86N13O14P. The van der Waals surface area contributed by atoms with Crippen LogP contribution in [0.25, 0.3) is 11.0 Å². The molecule has 7 aliphatic heterocycles. The molecule has 9 rings (SSSR count). The van der Waals surface area contributed by atoms with Crippen LogP contribution in [0.3, 0.4) is 0 Å². The molecule has 27 nitrogen and oxygen atoms in total. The monoisotopic (exact) mass is 1260 g/mol. The number of fused-ring (bicyclic) bond motifs is 10. The zero-order valence-electron chi connectivity index (χ0n) is 52.2. The number of hydrogen-bond donors (Lipinski definition) is 11. The van der Waals surface area contributed by atoms with E-state index in [0.717, 1.165) is 11.1 Å². The van der Waals surface area contributed by atoms with Crippen molar-refractivity contribution in [1.82, 2.24) is 25.5 Å². The molecule has 0 spiro atoms. The molecule has 1 aromatic carbocycles. The number of allylic oxidation sites excluding steroid dienone is 4. The van der Waals surface area contributed by atoms with Crippen molar-refractivity contribution in [3.8, 4) is 0 Å². The Morgan fingerprint density at radius 1 is 0.888 bits per heavy atom. The minimum atomic E-state index is -5.06. The number of nitrogens with two attached hydrogens (primary N) is 5. The minimum absolute atomic E-state index is 0.00579. The second-order valence-electron chi connectivity index (χ2n) is 26.6. The fraction of sp³-hybridized carbons (Fsp3) is 0.623. The maximum atomic E-state index is 14.3. The van der Waals surface area contributed by atoms with Gasteiger partial charge in [-0.2, -0.15) is 0 Å². The molecule has 1 unspecified atom stereocenters. The third-order valence-corrected chi connectivity index (χ3v) is 21.8. The average Bonchev–Trinajstić information content (AvgIpc) is 1.54. The van der Waals surface area contributed by atoms with Gasteiger partial charge in [0.25, 0.3) is 0 Å². The number of piperidine rings is 1. The summed E-state index contributed by atoms with van der Waals surface area (Å²) in [6.45, 7) is 17.2. The number of rotatable bonds is 23. The van der Waals surface area contributed by atoms with E-state index in [-0.39, 0.29) is 76.7 Å². The van der Waals surface area contributed by atoms with Crippen molar-refractivity contribution in [1.29, 1.82) is 0 Å². The largest absolute Gasteiger partial charge is 0.472 e. The fourth-order valence-corrected chi connectivity index (χ4v) is 16.9. The van der Waals surface area contributed by atoms with Crippen LogP contribution >= 0.6 is 7.82 Å². The first-order valence-corrected chi connectivity index (χ1v) is 31.8. The van der Waals surface area contributed by atoms with E-state index in [0.29, 0.717) is 62.8 Å². The first-order chi connectivity index (χ1) is 41.5. The molecule has 89 heavy (non-hydrogen) atoms. The Bertz CT molecular complexity index is 3560. The van der Waals surface area contributed by atoms with Crippen LogP contribution < -0.4 is 44.6 Å². The number of carbonyl (C=O) groups excluding carboxylic acids is 7. The number of aromatic nitrogens is 2. The van der Waals surface area contributed by atoms with Crippen molar-refractivity contribution >= 4 is 77.3 Å². The summed E-state index contributed by atoms with van der Waals surface area (Å²) in [5, 5.41) is 31.4. The zero-order chi connectivity index (χ0) is 65.4. The number of phosphoric acid groups is 1. The molecule has 8 bridgehead atoms. The van der Waals surface area contributed by atoms with E-state index in [2.05, 4.69) is 20.9 Å². The van der Waals surface area contributed by atoms with Crippen molar-refractivity contribution in [2.45, 2.75) is 188 Å². The molecule has 484 valence electrons. The third kappa shape index (κ3) is 12.0. The highest BCUT2D eigenvalue weighted by molar-refractivity contribution is 7.47. The van der Waals surface area contributed by atoms with Crippen molar-refractivity contribution in [3.05, 3.63) is 63.9 Å². The van der Waals surface area contributed by atoms with E-state index in [1.807, 2.05) is 80.5 Å². The van der Waals surface area contributed by atoms with Crippen molar-refractivity contribution in [2.75, 3.05) is 13.2 Å². The van der Waals surface area contributed by atoms with Gasteiger partial charge in [0.15, 0.2) is 6.23 Å². The number of aryl methyl sites for hydroxylation is 2. The SMILES string of the molecule is CC1=C2N=C(/C=C3\NC(=C(C)C4=N[C@@](C)([C@@H]5N=C1[C@](C)(CCC(=O)NC[C@@H](C)OP(=O)(O)O[C@H]1[C@@H](O)[C@@H](n6cnc7cc(C)c(C)cc76)O[C@@H]1CO)[C@H]5CC(N)=O)[C@@](C)(CC(N)=O)[C@@H]4CCC(N)=O)[C@@](C)(CC(N)=O)[C@@H]3CCC(N)=O)[C@]1(C)NC(=O)CC[C@H]21. The predicted octanol–water partition coefficient (Wildman–Crippen LogP) is 2.54. The van der Waals surface area contributed by atoms with Gasteiger partial charge in [-0.05, 0) is 115 Å². The smallest absolute Gasteiger partial charge is 0.394 e. The number of phosphoric ester groups is 1. The van der Waals surface area contributed by atoms with Gasteiger partial charge >= 0.3 is 7.82 Å². The minimum Gasteiger partial charge on any atom is -0.394 e. The summed E-state index contributed by atoms with van der Waals surface area (Å²) >= 11 is 0. The van der Waals surface area contributed by atoms with Crippen LogP contribution in [-0.4, -0.2) is 138 Å². The van der Waals surface area contributed by atoms with Gasteiger partial charge in [-0.25, -0.2) is 9.55 Å². The van der Waals surface area contributed by atoms with E-state index in [9.17, 15) is 53.2 Å². The van der Waals surface area contributed by atoms with Gasteiger partial charge in [-0.15, -0.1) is 0 Å². The predicted molar refractivity (Wildman–Crippen MR) is 327 cm³/mol. The summed E-state index contributed by atoms with van der Waals surface area (Å²) in [7, 11) is -5.06. The number of carbonyl (C=O) groups is 7. The Labute approximate surface area is 516 Å². The standard InChI is InChI=1S/C61H86N13O14P/c1-28-19-38-39(20-29(28)2)74(27-68-38)56-51(83)52(40(26-75)86-56)88-89(84,85)87-30(3)25-67-47(81)17-18-57(6)36(21-44(64)78)55-61(10)59(8,24-46(66)80)34(12-15-43(63)77)50(73-61)32(5)54-58(7,23-45(65)79)33(11-14-42(62)76)37(69-54)22-41-60(9)35(13-16-48(82)72-60)49(70-41)31(4)53(57)71-55/h19-20,22,27,30,33-36,40,51-52,55-56,69,75,83H,11-18,21,23-26H2,1-10H3,(H2,62,76)(H2,63,77)(H2,64,78)(H2,65,79)(H2,66,80)(H,67,81)(H,72,82)(H,84,85)/b37-22-,49-31?,54-32?/t30-,33-,34-,35-,36+,40-,51-,52-,55-,56+,57-,58+,59+,60-,61+/m1/s1. The van der Waals surface area contributed by atoms with Crippen LogP contribution in [-0.2, 0) is 51.9 Å². The third-order valence-electron chi connectivity index (χ3n) is 20.7. The molecule has 16 N–H and O–H groups in total. The Balaban J connectivity index is 1.09. The summed E-state index contributed by atoms with van der Waals surface area (Å²) in [6, 6.07) is 2.72. The first kappa shape index (κ1) is 66.4. The van der Waals surface area contributed by atoms with Crippen molar-refractivity contribution < 1.29 is 67.0 Å². The molecule has 7 aliphatic rings. The Kier molecular flexibility index (Phi) is 18.1. The molecule has 0 saturated carbocycles. The van der Waals surface area contributed by atoms with Crippen molar-refractivity contribution in [2.24, 2.45) is 83.6 Å². The molecule has 28 heteroatoms.